The number of imidazole rings is 1. The highest BCUT2D eigenvalue weighted by Gasteiger charge is 2.53. The van der Waals surface area contributed by atoms with Crippen molar-refractivity contribution in [3.05, 3.63) is 23.5 Å². The summed E-state index contributed by atoms with van der Waals surface area (Å²) in [6.07, 6.45) is 3.63. The van der Waals surface area contributed by atoms with E-state index in [2.05, 4.69) is 10.3 Å². The molecule has 3 amide bonds. The fourth-order valence-electron chi connectivity index (χ4n) is 2.82. The van der Waals surface area contributed by atoms with Crippen LogP contribution in [-0.4, -0.2) is 63.3 Å². The number of urea groups is 1. The molecular weight excluding hydrogens is 278 g/mol. The molecule has 2 aliphatic heterocycles. The van der Waals surface area contributed by atoms with Crippen molar-refractivity contribution in [2.75, 3.05) is 26.7 Å². The summed E-state index contributed by atoms with van der Waals surface area (Å²) in [4.78, 5) is 32.4. The molecule has 2 saturated heterocycles. The molecule has 2 aromatic rings. The van der Waals surface area contributed by atoms with Crippen molar-refractivity contribution < 1.29 is 9.59 Å². The average molecular weight is 291 g/mol. The third-order valence-electron chi connectivity index (χ3n) is 4.15. The van der Waals surface area contributed by atoms with Gasteiger partial charge in [-0.25, -0.2) is 9.78 Å². The smallest absolute Gasteiger partial charge is 0.317 e. The lowest BCUT2D eigenvalue weighted by Gasteiger charge is -2.50. The number of carbonyl (C=O) groups excluding carboxylic acids is 2. The Kier molecular flexibility index (Phi) is 2.18. The topological polar surface area (TPSA) is 70.0 Å². The number of nitrogens with one attached hydrogen (secondary N) is 1. The minimum Gasteiger partial charge on any atom is -0.335 e. The molecule has 20 heavy (non-hydrogen) atoms. The van der Waals surface area contributed by atoms with E-state index in [0.29, 0.717) is 25.3 Å². The third kappa shape index (κ3) is 1.42. The van der Waals surface area contributed by atoms with Gasteiger partial charge in [0.05, 0.1) is 5.54 Å². The van der Waals surface area contributed by atoms with Crippen molar-refractivity contribution in [1.29, 1.82) is 0 Å². The minimum absolute atomic E-state index is 0.0698. The Morgan fingerprint density at radius 3 is 2.95 bits per heavy atom. The predicted molar refractivity (Wildman–Crippen MR) is 72.9 cm³/mol. The summed E-state index contributed by atoms with van der Waals surface area (Å²) in [6, 6.07) is -0.0698. The first-order chi connectivity index (χ1) is 9.59. The van der Waals surface area contributed by atoms with E-state index in [-0.39, 0.29) is 17.5 Å². The van der Waals surface area contributed by atoms with Crippen LogP contribution in [0.25, 0.3) is 4.96 Å². The Morgan fingerprint density at radius 2 is 2.30 bits per heavy atom. The number of amides is 3. The second-order valence-corrected chi connectivity index (χ2v) is 6.20. The van der Waals surface area contributed by atoms with E-state index >= 15 is 0 Å². The van der Waals surface area contributed by atoms with E-state index < -0.39 is 0 Å². The van der Waals surface area contributed by atoms with E-state index in [1.165, 1.54) is 11.3 Å². The summed E-state index contributed by atoms with van der Waals surface area (Å²) in [5.74, 6) is -0.0701. The Balaban J connectivity index is 1.52. The van der Waals surface area contributed by atoms with Crippen molar-refractivity contribution in [1.82, 2.24) is 24.5 Å². The lowest BCUT2D eigenvalue weighted by molar-refractivity contribution is 0.00740. The van der Waals surface area contributed by atoms with Crippen LogP contribution in [0.1, 0.15) is 10.5 Å². The number of likely N-dealkylation sites (N-methyl/N-ethyl adjacent to an activating group) is 1. The number of hydrogen-bond donors (Lipinski definition) is 1. The number of thiazole rings is 1. The standard InChI is InChI=1S/C12H13N5O2S/c1-15-10(19)13-5-12(15)6-17(7-12)9(18)8-4-16-2-3-20-11(16)14-8/h2-4H,5-7H2,1H3,(H,13,19). The van der Waals surface area contributed by atoms with Crippen LogP contribution < -0.4 is 5.32 Å². The number of likely N-dealkylation sites (tertiary alicyclic amines) is 1. The first kappa shape index (κ1) is 11.7. The van der Waals surface area contributed by atoms with Gasteiger partial charge >= 0.3 is 6.03 Å². The number of fused-ring (bicyclic) bond motifs is 1. The molecule has 2 aromatic heterocycles. The van der Waals surface area contributed by atoms with Crippen molar-refractivity contribution in [2.24, 2.45) is 0 Å². The van der Waals surface area contributed by atoms with Gasteiger partial charge in [0.2, 0.25) is 0 Å². The molecule has 0 unspecified atom stereocenters. The molecule has 0 bridgehead atoms. The molecule has 0 atom stereocenters. The quantitative estimate of drug-likeness (QED) is 0.818. The second kappa shape index (κ2) is 3.72. The number of carbonyl (C=O) groups is 2. The molecule has 0 aromatic carbocycles. The summed E-state index contributed by atoms with van der Waals surface area (Å²) < 4.78 is 1.85. The van der Waals surface area contributed by atoms with Crippen LogP contribution >= 0.6 is 11.3 Å². The minimum atomic E-state index is -0.232. The average Bonchev–Trinajstić information content (AvgIpc) is 3.02. The summed E-state index contributed by atoms with van der Waals surface area (Å²) in [5, 5.41) is 4.74. The summed E-state index contributed by atoms with van der Waals surface area (Å²) in [6.45, 7) is 1.73. The van der Waals surface area contributed by atoms with Gasteiger partial charge in [0.1, 0.15) is 5.69 Å². The van der Waals surface area contributed by atoms with Crippen LogP contribution in [0.3, 0.4) is 0 Å². The van der Waals surface area contributed by atoms with E-state index in [1.807, 2.05) is 16.0 Å². The van der Waals surface area contributed by atoms with E-state index in [1.54, 1.807) is 23.0 Å². The molecule has 2 aliphatic rings. The summed E-state index contributed by atoms with van der Waals surface area (Å²) in [5.41, 5.74) is 0.232. The van der Waals surface area contributed by atoms with E-state index in [4.69, 9.17) is 0 Å². The maximum absolute atomic E-state index is 12.4. The molecule has 4 rings (SSSR count). The first-order valence-electron chi connectivity index (χ1n) is 6.32. The molecule has 0 saturated carbocycles. The summed E-state index contributed by atoms with van der Waals surface area (Å²) in [7, 11) is 1.77. The number of rotatable bonds is 1. The number of aromatic nitrogens is 2. The highest BCUT2D eigenvalue weighted by molar-refractivity contribution is 7.15. The van der Waals surface area contributed by atoms with E-state index in [0.717, 1.165) is 4.96 Å². The highest BCUT2D eigenvalue weighted by atomic mass is 32.1. The molecule has 2 fully saturated rings. The zero-order chi connectivity index (χ0) is 13.9. The van der Waals surface area contributed by atoms with Gasteiger partial charge in [-0.1, -0.05) is 0 Å². The fourth-order valence-corrected chi connectivity index (χ4v) is 3.52. The first-order valence-corrected chi connectivity index (χ1v) is 7.20. The molecule has 7 nitrogen and oxygen atoms in total. The molecule has 4 heterocycles. The maximum Gasteiger partial charge on any atom is 0.317 e. The van der Waals surface area contributed by atoms with Crippen LogP contribution in [-0.2, 0) is 0 Å². The zero-order valence-corrected chi connectivity index (χ0v) is 11.7. The maximum atomic E-state index is 12.4. The molecule has 0 aliphatic carbocycles. The number of hydrogen-bond acceptors (Lipinski definition) is 4. The van der Waals surface area contributed by atoms with Crippen LogP contribution in [0.5, 0.6) is 0 Å². The zero-order valence-electron chi connectivity index (χ0n) is 10.9. The van der Waals surface area contributed by atoms with Gasteiger partial charge in [-0.15, -0.1) is 11.3 Å². The van der Waals surface area contributed by atoms with Crippen molar-refractivity contribution in [3.63, 3.8) is 0 Å². The van der Waals surface area contributed by atoms with Gasteiger partial charge in [0, 0.05) is 44.5 Å². The van der Waals surface area contributed by atoms with Crippen molar-refractivity contribution in [2.45, 2.75) is 5.54 Å². The monoisotopic (exact) mass is 291 g/mol. The molecule has 1 N–H and O–H groups in total. The molecular formula is C12H13N5O2S. The van der Waals surface area contributed by atoms with Crippen LogP contribution in [0.4, 0.5) is 4.79 Å². The van der Waals surface area contributed by atoms with Gasteiger partial charge in [-0.3, -0.25) is 9.20 Å². The fraction of sp³-hybridized carbons (Fsp3) is 0.417. The number of nitrogens with zero attached hydrogens (tertiary/aromatic N) is 4. The van der Waals surface area contributed by atoms with Crippen LogP contribution in [0.2, 0.25) is 0 Å². The molecule has 104 valence electrons. The lowest BCUT2D eigenvalue weighted by atomic mass is 9.89. The second-order valence-electron chi connectivity index (χ2n) is 5.32. The SMILES string of the molecule is CN1C(=O)NCC12CN(C(=O)c1cn3ccsc3n1)C2. The molecule has 8 heteroatoms. The van der Waals surface area contributed by atoms with Crippen molar-refractivity contribution >= 4 is 28.2 Å². The van der Waals surface area contributed by atoms with Crippen molar-refractivity contribution in [3.8, 4) is 0 Å². The van der Waals surface area contributed by atoms with Gasteiger partial charge in [0.25, 0.3) is 5.91 Å². The largest absolute Gasteiger partial charge is 0.335 e. The van der Waals surface area contributed by atoms with E-state index in [9.17, 15) is 9.59 Å². The van der Waals surface area contributed by atoms with Gasteiger partial charge in [0.15, 0.2) is 4.96 Å². The van der Waals surface area contributed by atoms with Crippen LogP contribution in [0.15, 0.2) is 17.8 Å². The van der Waals surface area contributed by atoms with Gasteiger partial charge in [-0.05, 0) is 0 Å². The predicted octanol–water partition coefficient (Wildman–Crippen LogP) is 0.245. The Bertz CT molecular complexity index is 686. The summed E-state index contributed by atoms with van der Waals surface area (Å²) >= 11 is 1.50. The lowest BCUT2D eigenvalue weighted by Crippen LogP contribution is -2.70. The van der Waals surface area contributed by atoms with Gasteiger partial charge < -0.3 is 15.1 Å². The normalized spacial score (nSPS) is 20.6. The van der Waals surface area contributed by atoms with Crippen LogP contribution in [0, 0.1) is 0 Å². The Hall–Kier alpha value is -2.09. The molecule has 0 radical (unpaired) electrons. The highest BCUT2D eigenvalue weighted by Crippen LogP contribution is 2.31. The molecule has 1 spiro atoms. The Labute approximate surface area is 118 Å². The Morgan fingerprint density at radius 1 is 1.50 bits per heavy atom. The third-order valence-corrected chi connectivity index (χ3v) is 4.93. The van der Waals surface area contributed by atoms with Gasteiger partial charge in [-0.2, -0.15) is 0 Å².